The van der Waals surface area contributed by atoms with Gasteiger partial charge in [0.25, 0.3) is 5.91 Å². The second-order valence-electron chi connectivity index (χ2n) is 7.74. The molecule has 0 atom stereocenters. The van der Waals surface area contributed by atoms with Crippen molar-refractivity contribution in [2.45, 2.75) is 38.5 Å². The van der Waals surface area contributed by atoms with E-state index in [-0.39, 0.29) is 11.7 Å². The van der Waals surface area contributed by atoms with Gasteiger partial charge in [-0.1, -0.05) is 31.4 Å². The molecule has 30 heavy (non-hydrogen) atoms. The average Bonchev–Trinajstić information content (AvgIpc) is 3.13. The van der Waals surface area contributed by atoms with Gasteiger partial charge in [0.1, 0.15) is 17.0 Å². The zero-order chi connectivity index (χ0) is 20.9. The maximum atomic E-state index is 12.9. The summed E-state index contributed by atoms with van der Waals surface area (Å²) < 4.78 is 11.0. The van der Waals surface area contributed by atoms with Crippen LogP contribution in [0.5, 0.6) is 5.75 Å². The second-order valence-corrected chi connectivity index (χ2v) is 7.74. The third-order valence-electron chi connectivity index (χ3n) is 5.61. The van der Waals surface area contributed by atoms with Crippen LogP contribution in [0.1, 0.15) is 49.1 Å². The van der Waals surface area contributed by atoms with Crippen molar-refractivity contribution in [1.29, 1.82) is 0 Å². The highest BCUT2D eigenvalue weighted by atomic mass is 16.5. The van der Waals surface area contributed by atoms with Crippen molar-refractivity contribution in [3.63, 3.8) is 0 Å². The van der Waals surface area contributed by atoms with Crippen LogP contribution in [0.4, 0.5) is 11.4 Å². The smallest absolute Gasteiger partial charge is 0.293 e. The van der Waals surface area contributed by atoms with Gasteiger partial charge in [0, 0.05) is 17.5 Å². The molecule has 156 valence electrons. The van der Waals surface area contributed by atoms with Crippen molar-refractivity contribution in [3.8, 4) is 5.75 Å². The lowest BCUT2D eigenvalue weighted by atomic mass is 9.87. The summed E-state index contributed by atoms with van der Waals surface area (Å²) in [6.07, 6.45) is 6.26. The van der Waals surface area contributed by atoms with Crippen LogP contribution >= 0.6 is 0 Å². The summed E-state index contributed by atoms with van der Waals surface area (Å²) in [5.41, 5.74) is 1.60. The topological polar surface area (TPSA) is 80.6 Å². The SMILES string of the molecule is COc1ccc(NC(=O)c2oc3ccccc3c2NC(=O)CC2CCCCC2)cc1. The van der Waals surface area contributed by atoms with Crippen LogP contribution < -0.4 is 15.4 Å². The van der Waals surface area contributed by atoms with Crippen LogP contribution in [0.25, 0.3) is 11.0 Å². The zero-order valence-electron chi connectivity index (χ0n) is 17.1. The minimum absolute atomic E-state index is 0.0769. The van der Waals surface area contributed by atoms with Crippen molar-refractivity contribution in [2.75, 3.05) is 17.7 Å². The van der Waals surface area contributed by atoms with Crippen molar-refractivity contribution >= 4 is 34.2 Å². The highest BCUT2D eigenvalue weighted by Gasteiger charge is 2.24. The normalized spacial score (nSPS) is 14.4. The largest absolute Gasteiger partial charge is 0.497 e. The summed E-state index contributed by atoms with van der Waals surface area (Å²) in [5, 5.41) is 6.50. The number of ether oxygens (including phenoxy) is 1. The Kier molecular flexibility index (Phi) is 6.02. The van der Waals surface area contributed by atoms with Gasteiger partial charge in [-0.05, 0) is 55.2 Å². The molecule has 0 bridgehead atoms. The molecule has 0 aliphatic heterocycles. The molecule has 6 heteroatoms. The van der Waals surface area contributed by atoms with Gasteiger partial charge in [-0.3, -0.25) is 9.59 Å². The number of para-hydroxylation sites is 1. The highest BCUT2D eigenvalue weighted by molar-refractivity contribution is 6.14. The Morgan fingerprint density at radius 3 is 2.47 bits per heavy atom. The Morgan fingerprint density at radius 1 is 1.00 bits per heavy atom. The fraction of sp³-hybridized carbons (Fsp3) is 0.333. The Labute approximate surface area is 175 Å². The molecular weight excluding hydrogens is 380 g/mol. The van der Waals surface area contributed by atoms with E-state index in [0.717, 1.165) is 18.2 Å². The van der Waals surface area contributed by atoms with Crippen LogP contribution in [-0.4, -0.2) is 18.9 Å². The van der Waals surface area contributed by atoms with E-state index in [4.69, 9.17) is 9.15 Å². The molecule has 2 aromatic carbocycles. The molecule has 4 rings (SSSR count). The van der Waals surface area contributed by atoms with E-state index in [2.05, 4.69) is 10.6 Å². The summed E-state index contributed by atoms with van der Waals surface area (Å²) in [6.45, 7) is 0. The van der Waals surface area contributed by atoms with Crippen LogP contribution in [0, 0.1) is 5.92 Å². The lowest BCUT2D eigenvalue weighted by molar-refractivity contribution is -0.117. The molecule has 2 N–H and O–H groups in total. The van der Waals surface area contributed by atoms with E-state index < -0.39 is 5.91 Å². The Morgan fingerprint density at radius 2 is 1.73 bits per heavy atom. The predicted octanol–water partition coefficient (Wildman–Crippen LogP) is 5.60. The molecule has 3 aromatic rings. The first-order valence-electron chi connectivity index (χ1n) is 10.4. The molecule has 1 aliphatic carbocycles. The maximum absolute atomic E-state index is 12.9. The molecule has 0 unspecified atom stereocenters. The molecule has 1 saturated carbocycles. The quantitative estimate of drug-likeness (QED) is 0.558. The van der Waals surface area contributed by atoms with Crippen molar-refractivity contribution < 1.29 is 18.7 Å². The molecule has 2 amide bonds. The molecule has 1 fully saturated rings. The molecule has 1 heterocycles. The third kappa shape index (κ3) is 4.48. The van der Waals surface area contributed by atoms with E-state index in [1.807, 2.05) is 18.2 Å². The molecular formula is C24H26N2O4. The number of benzene rings is 2. The van der Waals surface area contributed by atoms with E-state index >= 15 is 0 Å². The Balaban J connectivity index is 1.55. The van der Waals surface area contributed by atoms with Gasteiger partial charge >= 0.3 is 0 Å². The number of fused-ring (bicyclic) bond motifs is 1. The zero-order valence-corrected chi connectivity index (χ0v) is 17.1. The van der Waals surface area contributed by atoms with Crippen molar-refractivity contribution in [3.05, 3.63) is 54.3 Å². The number of furan rings is 1. The minimum atomic E-state index is -0.413. The minimum Gasteiger partial charge on any atom is -0.497 e. The fourth-order valence-electron chi connectivity index (χ4n) is 4.04. The summed E-state index contributed by atoms with van der Waals surface area (Å²) in [4.78, 5) is 25.7. The summed E-state index contributed by atoms with van der Waals surface area (Å²) in [7, 11) is 1.59. The van der Waals surface area contributed by atoms with Gasteiger partial charge in [-0.2, -0.15) is 0 Å². The summed E-state index contributed by atoms with van der Waals surface area (Å²) in [6, 6.07) is 14.4. The number of amides is 2. The number of carbonyl (C=O) groups excluding carboxylic acids is 2. The molecule has 6 nitrogen and oxygen atoms in total. The van der Waals surface area contributed by atoms with Gasteiger partial charge < -0.3 is 19.8 Å². The number of hydrogen-bond acceptors (Lipinski definition) is 4. The van der Waals surface area contributed by atoms with E-state index in [1.165, 1.54) is 19.3 Å². The molecule has 1 aliphatic rings. The standard InChI is InChI=1S/C24H26N2O4/c1-29-18-13-11-17(12-14-18)25-24(28)23-22(19-9-5-6-10-20(19)30-23)26-21(27)15-16-7-3-2-4-8-16/h5-6,9-14,16H,2-4,7-8,15H2,1H3,(H,25,28)(H,26,27). The van der Waals surface area contributed by atoms with Gasteiger partial charge in [-0.15, -0.1) is 0 Å². The van der Waals surface area contributed by atoms with Gasteiger partial charge in [0.15, 0.2) is 0 Å². The molecule has 0 saturated heterocycles. The monoisotopic (exact) mass is 406 g/mol. The van der Waals surface area contributed by atoms with Crippen molar-refractivity contribution in [1.82, 2.24) is 0 Å². The first kappa shape index (κ1) is 20.0. The number of methoxy groups -OCH3 is 1. The number of carbonyl (C=O) groups is 2. The number of anilines is 2. The maximum Gasteiger partial charge on any atom is 0.293 e. The average molecular weight is 406 g/mol. The number of rotatable bonds is 6. The predicted molar refractivity (Wildman–Crippen MR) is 117 cm³/mol. The van der Waals surface area contributed by atoms with Crippen LogP contribution in [-0.2, 0) is 4.79 Å². The highest BCUT2D eigenvalue weighted by Crippen LogP contribution is 2.33. The van der Waals surface area contributed by atoms with Crippen molar-refractivity contribution in [2.24, 2.45) is 5.92 Å². The molecule has 0 radical (unpaired) electrons. The van der Waals surface area contributed by atoms with Gasteiger partial charge in [0.2, 0.25) is 11.7 Å². The summed E-state index contributed by atoms with van der Waals surface area (Å²) in [5.74, 6) is 0.723. The Bertz CT molecular complexity index is 1030. The van der Waals surface area contributed by atoms with Crippen LogP contribution in [0.15, 0.2) is 52.9 Å². The van der Waals surface area contributed by atoms with Gasteiger partial charge in [-0.25, -0.2) is 0 Å². The lowest BCUT2D eigenvalue weighted by Gasteiger charge is -2.20. The van der Waals surface area contributed by atoms with E-state index in [0.29, 0.717) is 35.0 Å². The first-order valence-corrected chi connectivity index (χ1v) is 10.4. The second kappa shape index (κ2) is 9.03. The van der Waals surface area contributed by atoms with Crippen LogP contribution in [0.2, 0.25) is 0 Å². The molecule has 0 spiro atoms. The van der Waals surface area contributed by atoms with E-state index in [9.17, 15) is 9.59 Å². The van der Waals surface area contributed by atoms with Gasteiger partial charge in [0.05, 0.1) is 7.11 Å². The van der Waals surface area contributed by atoms with Crippen LogP contribution in [0.3, 0.4) is 0 Å². The fourth-order valence-corrected chi connectivity index (χ4v) is 4.04. The first-order chi connectivity index (χ1) is 14.6. The number of nitrogens with one attached hydrogen (secondary N) is 2. The number of hydrogen-bond donors (Lipinski definition) is 2. The summed E-state index contributed by atoms with van der Waals surface area (Å²) >= 11 is 0. The third-order valence-corrected chi connectivity index (χ3v) is 5.61. The molecule has 1 aromatic heterocycles. The lowest BCUT2D eigenvalue weighted by Crippen LogP contribution is -2.20. The van der Waals surface area contributed by atoms with E-state index in [1.54, 1.807) is 37.4 Å². The Hall–Kier alpha value is -3.28.